The van der Waals surface area contributed by atoms with Gasteiger partial charge >= 0.3 is 5.97 Å². The summed E-state index contributed by atoms with van der Waals surface area (Å²) in [5, 5.41) is 19.1. The highest BCUT2D eigenvalue weighted by Crippen LogP contribution is 2.33. The second kappa shape index (κ2) is 10.9. The van der Waals surface area contributed by atoms with Crippen molar-refractivity contribution in [2.45, 2.75) is 33.6 Å². The zero-order valence-corrected chi connectivity index (χ0v) is 21.8. The van der Waals surface area contributed by atoms with Crippen LogP contribution in [-0.2, 0) is 22.4 Å². The number of fused-ring (bicyclic) bond motifs is 1. The fraction of sp³-hybridized carbons (Fsp3) is 0.222. The number of aromatic nitrogens is 3. The number of aryl methyl sites for hydroxylation is 1. The van der Waals surface area contributed by atoms with Crippen molar-refractivity contribution in [1.29, 1.82) is 0 Å². The summed E-state index contributed by atoms with van der Waals surface area (Å²) in [5.41, 5.74) is 2.20. The molecule has 0 radical (unpaired) electrons. The summed E-state index contributed by atoms with van der Waals surface area (Å²) >= 11 is 5.18. The van der Waals surface area contributed by atoms with E-state index in [1.165, 1.54) is 23.0 Å². The Morgan fingerprint density at radius 1 is 1.18 bits per heavy atom. The Balaban J connectivity index is 1.46. The molecule has 0 aliphatic carbocycles. The number of hydrogen-bond acceptors (Lipinski definition) is 6. The van der Waals surface area contributed by atoms with Gasteiger partial charge < -0.3 is 20.5 Å². The van der Waals surface area contributed by atoms with Crippen LogP contribution in [0.3, 0.4) is 0 Å². The van der Waals surface area contributed by atoms with Gasteiger partial charge in [-0.3, -0.25) is 9.59 Å². The predicted molar refractivity (Wildman–Crippen MR) is 144 cm³/mol. The number of rotatable bonds is 8. The topological polar surface area (TPSA) is 118 Å². The summed E-state index contributed by atoms with van der Waals surface area (Å²) in [4.78, 5) is 28.0. The molecule has 196 valence electrons. The van der Waals surface area contributed by atoms with Crippen molar-refractivity contribution < 1.29 is 23.8 Å². The molecule has 0 bridgehead atoms. The minimum atomic E-state index is -0.985. The summed E-state index contributed by atoms with van der Waals surface area (Å²) in [6, 6.07) is 13.4. The molecule has 0 spiro atoms. The molecule has 2 aromatic heterocycles. The van der Waals surface area contributed by atoms with Gasteiger partial charge in [0.25, 0.3) is 0 Å². The molecular formula is C27H26FN5O4S. The zero-order chi connectivity index (χ0) is 27.4. The molecule has 9 nitrogen and oxygen atoms in total. The number of carbonyl (C=O) groups is 2. The van der Waals surface area contributed by atoms with Gasteiger partial charge in [0, 0.05) is 18.0 Å². The molecule has 0 aliphatic rings. The van der Waals surface area contributed by atoms with Gasteiger partial charge in [-0.1, -0.05) is 30.3 Å². The predicted octanol–water partition coefficient (Wildman–Crippen LogP) is 4.68. The molecule has 0 saturated carbocycles. The fourth-order valence-corrected chi connectivity index (χ4v) is 4.09. The van der Waals surface area contributed by atoms with E-state index in [4.69, 9.17) is 17.0 Å². The molecule has 0 aliphatic heterocycles. The first kappa shape index (κ1) is 26.7. The Morgan fingerprint density at radius 2 is 1.92 bits per heavy atom. The Morgan fingerprint density at radius 3 is 2.61 bits per heavy atom. The lowest BCUT2D eigenvalue weighted by atomic mass is 9.85. The van der Waals surface area contributed by atoms with Crippen LogP contribution in [0.5, 0.6) is 11.6 Å². The van der Waals surface area contributed by atoms with E-state index in [1.54, 1.807) is 26.1 Å². The van der Waals surface area contributed by atoms with Gasteiger partial charge in [0.05, 0.1) is 11.8 Å². The van der Waals surface area contributed by atoms with Crippen molar-refractivity contribution in [3.8, 4) is 11.6 Å². The Labute approximate surface area is 223 Å². The van der Waals surface area contributed by atoms with Gasteiger partial charge in [-0.05, 0) is 68.2 Å². The molecule has 38 heavy (non-hydrogen) atoms. The van der Waals surface area contributed by atoms with Gasteiger partial charge in [0.15, 0.2) is 16.7 Å². The second-order valence-corrected chi connectivity index (χ2v) is 9.82. The summed E-state index contributed by atoms with van der Waals surface area (Å²) in [6.07, 6.45) is 3.43. The molecular weight excluding hydrogens is 509 g/mol. The smallest absolute Gasteiger partial charge is 0.309 e. The van der Waals surface area contributed by atoms with Crippen LogP contribution in [0.4, 0.5) is 10.1 Å². The van der Waals surface area contributed by atoms with Crippen LogP contribution in [0, 0.1) is 18.2 Å². The number of ether oxygens (including phenoxy) is 1. The third-order valence-electron chi connectivity index (χ3n) is 5.97. The summed E-state index contributed by atoms with van der Waals surface area (Å²) in [5.74, 6) is -1.85. The largest absolute Gasteiger partial charge is 0.481 e. The standard InChI is InChI=1S/C27H26FN5O4S/c1-16-18(13-27(2,3)25(35)36)14-33-23(16)24(29-15-30-33)37-21-10-9-19(12-20(21)28)31-26(38)32-22(34)11-17-7-5-4-6-8-17/h4-10,12,14-15H,11,13H2,1-3H3,(H,35,36)(H2,31,32,34,38). The van der Waals surface area contributed by atoms with Crippen molar-refractivity contribution in [3.05, 3.63) is 83.6 Å². The number of aliphatic carboxylic acids is 1. The number of nitrogens with zero attached hydrogens (tertiary/aromatic N) is 3. The van der Waals surface area contributed by atoms with Gasteiger partial charge in [-0.15, -0.1) is 0 Å². The average Bonchev–Trinajstić information content (AvgIpc) is 3.16. The lowest BCUT2D eigenvalue weighted by Gasteiger charge is -2.18. The van der Waals surface area contributed by atoms with Gasteiger partial charge in [0.2, 0.25) is 11.8 Å². The summed E-state index contributed by atoms with van der Waals surface area (Å²) < 4.78 is 22.3. The van der Waals surface area contributed by atoms with Crippen molar-refractivity contribution in [2.75, 3.05) is 5.32 Å². The Hall–Kier alpha value is -4.38. The molecule has 3 N–H and O–H groups in total. The number of benzene rings is 2. The van der Waals surface area contributed by atoms with Crippen molar-refractivity contribution >= 4 is 40.4 Å². The zero-order valence-electron chi connectivity index (χ0n) is 21.0. The maximum absolute atomic E-state index is 14.9. The van der Waals surface area contributed by atoms with Gasteiger partial charge in [0.1, 0.15) is 11.8 Å². The minimum absolute atomic E-state index is 0.0390. The first-order chi connectivity index (χ1) is 18.0. The van der Waals surface area contributed by atoms with Crippen molar-refractivity contribution in [3.63, 3.8) is 0 Å². The molecule has 11 heteroatoms. The van der Waals surface area contributed by atoms with Gasteiger partial charge in [-0.2, -0.15) is 10.1 Å². The quantitative estimate of drug-likeness (QED) is 0.279. The molecule has 1 amide bonds. The minimum Gasteiger partial charge on any atom is -0.481 e. The lowest BCUT2D eigenvalue weighted by Crippen LogP contribution is -2.35. The van der Waals surface area contributed by atoms with Crippen LogP contribution in [0.25, 0.3) is 5.52 Å². The number of anilines is 1. The number of thiocarbonyl (C=S) groups is 1. The summed E-state index contributed by atoms with van der Waals surface area (Å²) in [7, 11) is 0. The van der Waals surface area contributed by atoms with E-state index in [0.717, 1.165) is 16.7 Å². The first-order valence-electron chi connectivity index (χ1n) is 11.7. The van der Waals surface area contributed by atoms with E-state index in [1.807, 2.05) is 37.3 Å². The van der Waals surface area contributed by atoms with Crippen LogP contribution < -0.4 is 15.4 Å². The number of carboxylic acid groups (broad SMARTS) is 1. The fourth-order valence-electron chi connectivity index (χ4n) is 3.86. The Kier molecular flexibility index (Phi) is 7.67. The van der Waals surface area contributed by atoms with Gasteiger partial charge in [-0.25, -0.2) is 8.91 Å². The van der Waals surface area contributed by atoms with E-state index in [-0.39, 0.29) is 35.5 Å². The van der Waals surface area contributed by atoms with Crippen LogP contribution >= 0.6 is 12.2 Å². The second-order valence-electron chi connectivity index (χ2n) is 9.42. The SMILES string of the molecule is Cc1c(CC(C)(C)C(=O)O)cn2ncnc(Oc3ccc(NC(=S)NC(=O)Cc4ccccc4)cc3F)c12. The molecule has 2 heterocycles. The first-order valence-corrected chi connectivity index (χ1v) is 12.1. The number of carboxylic acids is 1. The molecule has 4 rings (SSSR count). The number of halogens is 1. The van der Waals surface area contributed by atoms with Crippen LogP contribution in [0.1, 0.15) is 30.5 Å². The molecule has 0 unspecified atom stereocenters. The van der Waals surface area contributed by atoms with E-state index in [0.29, 0.717) is 11.2 Å². The highest BCUT2D eigenvalue weighted by atomic mass is 32.1. The van der Waals surface area contributed by atoms with E-state index >= 15 is 0 Å². The maximum atomic E-state index is 14.9. The number of nitrogens with one attached hydrogen (secondary N) is 2. The normalized spacial score (nSPS) is 11.3. The highest BCUT2D eigenvalue weighted by Gasteiger charge is 2.29. The third kappa shape index (κ3) is 6.12. The van der Waals surface area contributed by atoms with Crippen molar-refractivity contribution in [1.82, 2.24) is 19.9 Å². The Bertz CT molecular complexity index is 1520. The number of hydrogen-bond donors (Lipinski definition) is 3. The van der Waals surface area contributed by atoms with E-state index in [9.17, 15) is 19.1 Å². The monoisotopic (exact) mass is 535 g/mol. The van der Waals surface area contributed by atoms with Crippen LogP contribution in [0.2, 0.25) is 0 Å². The molecule has 0 fully saturated rings. The molecule has 0 saturated heterocycles. The highest BCUT2D eigenvalue weighted by molar-refractivity contribution is 7.80. The van der Waals surface area contributed by atoms with Crippen LogP contribution in [-0.4, -0.2) is 36.7 Å². The number of amides is 1. The molecule has 0 atom stereocenters. The molecule has 2 aromatic carbocycles. The third-order valence-corrected chi connectivity index (χ3v) is 6.17. The maximum Gasteiger partial charge on any atom is 0.309 e. The van der Waals surface area contributed by atoms with Crippen LogP contribution in [0.15, 0.2) is 61.1 Å². The lowest BCUT2D eigenvalue weighted by molar-refractivity contribution is -0.146. The average molecular weight is 536 g/mol. The van der Waals surface area contributed by atoms with Crippen molar-refractivity contribution in [2.24, 2.45) is 5.41 Å². The molecule has 4 aromatic rings. The number of carbonyl (C=O) groups excluding carboxylic acids is 1. The van der Waals surface area contributed by atoms with E-state index in [2.05, 4.69) is 20.7 Å². The summed E-state index contributed by atoms with van der Waals surface area (Å²) in [6.45, 7) is 5.10. The van der Waals surface area contributed by atoms with E-state index < -0.39 is 17.2 Å².